The van der Waals surface area contributed by atoms with Crippen molar-refractivity contribution in [1.29, 1.82) is 0 Å². The van der Waals surface area contributed by atoms with Crippen LogP contribution in [0.4, 0.5) is 13.2 Å². The molecule has 0 bridgehead atoms. The lowest BCUT2D eigenvalue weighted by Crippen LogP contribution is -2.58. The van der Waals surface area contributed by atoms with Crippen LogP contribution >= 0.6 is 0 Å². The molecule has 0 radical (unpaired) electrons. The maximum absolute atomic E-state index is 11.7. The number of hydrazine groups is 2. The summed E-state index contributed by atoms with van der Waals surface area (Å²) < 4.78 is 35.2. The predicted molar refractivity (Wildman–Crippen MR) is 41.8 cm³/mol. The summed E-state index contributed by atoms with van der Waals surface area (Å²) in [5.74, 6) is -1.99. The number of carbonyl (C=O) groups is 1. The average Bonchev–Trinajstić information content (AvgIpc) is 2.14. The minimum Gasteiger partial charge on any atom is -0.314 e. The zero-order valence-corrected chi connectivity index (χ0v) is 7.32. The second-order valence-corrected chi connectivity index (χ2v) is 2.80. The lowest BCUT2D eigenvalue weighted by molar-refractivity contribution is -0.176. The van der Waals surface area contributed by atoms with Crippen LogP contribution in [0.1, 0.15) is 0 Å². The summed E-state index contributed by atoms with van der Waals surface area (Å²) in [4.78, 5) is 10.4. The Balaban J connectivity index is 2.22. The molecule has 0 spiro atoms. The van der Waals surface area contributed by atoms with E-state index in [9.17, 15) is 18.0 Å². The zero-order valence-electron chi connectivity index (χ0n) is 7.32. The molecule has 82 valence electrons. The molecule has 0 aromatic heterocycles. The first-order chi connectivity index (χ1) is 6.50. The van der Waals surface area contributed by atoms with Crippen LogP contribution in [0.15, 0.2) is 0 Å². The lowest BCUT2D eigenvalue weighted by Gasteiger charge is -2.27. The van der Waals surface area contributed by atoms with Crippen molar-refractivity contribution in [3.63, 3.8) is 0 Å². The third kappa shape index (κ3) is 3.48. The minimum atomic E-state index is -4.85. The van der Waals surface area contributed by atoms with Crippen LogP contribution in [0.2, 0.25) is 0 Å². The molecule has 0 saturated carbocycles. The number of alkyl halides is 3. The normalized spacial score (nSPS) is 19.4. The van der Waals surface area contributed by atoms with Crippen LogP contribution in [0.25, 0.3) is 0 Å². The number of hydrogen-bond donors (Lipinski definition) is 3. The van der Waals surface area contributed by atoms with Gasteiger partial charge in [-0.05, 0) is 0 Å². The van der Waals surface area contributed by atoms with Crippen LogP contribution in [0, 0.1) is 0 Å². The quantitative estimate of drug-likeness (QED) is 0.513. The van der Waals surface area contributed by atoms with Crippen LogP contribution in [-0.2, 0) is 4.79 Å². The highest BCUT2D eigenvalue weighted by molar-refractivity contribution is 5.81. The van der Waals surface area contributed by atoms with E-state index in [0.29, 0.717) is 26.2 Å². The maximum atomic E-state index is 11.7. The monoisotopic (exact) mass is 212 g/mol. The maximum Gasteiger partial charge on any atom is 0.472 e. The van der Waals surface area contributed by atoms with Crippen molar-refractivity contribution >= 4 is 5.91 Å². The van der Waals surface area contributed by atoms with Crippen molar-refractivity contribution in [1.82, 2.24) is 21.3 Å². The third-order valence-electron chi connectivity index (χ3n) is 1.70. The van der Waals surface area contributed by atoms with Crippen molar-refractivity contribution in [3.05, 3.63) is 0 Å². The number of piperazine rings is 1. The van der Waals surface area contributed by atoms with Crippen molar-refractivity contribution in [2.24, 2.45) is 0 Å². The van der Waals surface area contributed by atoms with Gasteiger partial charge >= 0.3 is 12.1 Å². The second-order valence-electron chi connectivity index (χ2n) is 2.80. The Morgan fingerprint density at radius 3 is 2.36 bits per heavy atom. The highest BCUT2D eigenvalue weighted by Crippen LogP contribution is 2.13. The summed E-state index contributed by atoms with van der Waals surface area (Å²) >= 11 is 0. The van der Waals surface area contributed by atoms with Gasteiger partial charge in [0, 0.05) is 26.2 Å². The highest BCUT2D eigenvalue weighted by atomic mass is 19.4. The SMILES string of the molecule is O=C(NNN1CCNCC1)C(F)(F)F. The number of rotatable bonds is 2. The van der Waals surface area contributed by atoms with Gasteiger partial charge in [0.05, 0.1) is 0 Å². The molecule has 3 N–H and O–H groups in total. The molecule has 1 saturated heterocycles. The Morgan fingerprint density at radius 1 is 1.29 bits per heavy atom. The van der Waals surface area contributed by atoms with E-state index < -0.39 is 12.1 Å². The van der Waals surface area contributed by atoms with Gasteiger partial charge in [0.2, 0.25) is 0 Å². The molecule has 0 aromatic rings. The fourth-order valence-electron chi connectivity index (χ4n) is 0.977. The first kappa shape index (κ1) is 11.2. The number of halogens is 3. The van der Waals surface area contributed by atoms with E-state index in [1.165, 1.54) is 5.01 Å². The van der Waals surface area contributed by atoms with Crippen molar-refractivity contribution in [2.45, 2.75) is 6.18 Å². The Kier molecular flexibility index (Phi) is 3.67. The molecule has 1 fully saturated rings. The molecular formula is C6H11F3N4O. The largest absolute Gasteiger partial charge is 0.472 e. The molecule has 8 heteroatoms. The first-order valence-corrected chi connectivity index (χ1v) is 4.08. The van der Waals surface area contributed by atoms with Gasteiger partial charge in [0.1, 0.15) is 0 Å². The standard InChI is InChI=1S/C6H11F3N4O/c7-6(8,9)5(14)11-12-13-3-1-10-2-4-13/h10,12H,1-4H2,(H,11,14). The van der Waals surface area contributed by atoms with E-state index in [1.807, 2.05) is 0 Å². The number of carbonyl (C=O) groups excluding carboxylic acids is 1. The zero-order chi connectivity index (χ0) is 10.6. The smallest absolute Gasteiger partial charge is 0.314 e. The van der Waals surface area contributed by atoms with Gasteiger partial charge in [-0.15, -0.1) is 0 Å². The molecule has 1 aliphatic heterocycles. The number of amides is 1. The molecular weight excluding hydrogens is 201 g/mol. The molecule has 1 aliphatic rings. The molecule has 1 heterocycles. The van der Waals surface area contributed by atoms with Gasteiger partial charge in [-0.3, -0.25) is 10.2 Å². The van der Waals surface area contributed by atoms with Crippen LogP contribution in [0.3, 0.4) is 0 Å². The molecule has 1 amide bonds. The van der Waals surface area contributed by atoms with E-state index in [2.05, 4.69) is 10.9 Å². The van der Waals surface area contributed by atoms with E-state index in [-0.39, 0.29) is 0 Å². The fourth-order valence-corrected chi connectivity index (χ4v) is 0.977. The van der Waals surface area contributed by atoms with E-state index in [4.69, 9.17) is 0 Å². The second kappa shape index (κ2) is 4.58. The molecule has 0 unspecified atom stereocenters. The van der Waals surface area contributed by atoms with E-state index >= 15 is 0 Å². The average molecular weight is 212 g/mol. The Bertz CT molecular complexity index is 202. The Morgan fingerprint density at radius 2 is 1.86 bits per heavy atom. The first-order valence-electron chi connectivity index (χ1n) is 4.08. The van der Waals surface area contributed by atoms with Crippen molar-refractivity contribution < 1.29 is 18.0 Å². The minimum absolute atomic E-state index is 0.540. The Labute approximate surface area is 78.6 Å². The summed E-state index contributed by atoms with van der Waals surface area (Å²) in [6.07, 6.45) is -4.85. The van der Waals surface area contributed by atoms with Gasteiger partial charge in [-0.1, -0.05) is 0 Å². The molecule has 0 aromatic carbocycles. The van der Waals surface area contributed by atoms with Gasteiger partial charge < -0.3 is 5.32 Å². The molecule has 5 nitrogen and oxygen atoms in total. The van der Waals surface area contributed by atoms with Gasteiger partial charge in [0.15, 0.2) is 0 Å². The number of nitrogens with zero attached hydrogens (tertiary/aromatic N) is 1. The van der Waals surface area contributed by atoms with Crippen molar-refractivity contribution in [3.8, 4) is 0 Å². The molecule has 0 aliphatic carbocycles. The van der Waals surface area contributed by atoms with E-state index in [0.717, 1.165) is 0 Å². The highest BCUT2D eigenvalue weighted by Gasteiger charge is 2.38. The van der Waals surface area contributed by atoms with Gasteiger partial charge in [0.25, 0.3) is 0 Å². The number of nitrogens with one attached hydrogen (secondary N) is 3. The van der Waals surface area contributed by atoms with Gasteiger partial charge in [-0.2, -0.15) is 18.7 Å². The molecule has 14 heavy (non-hydrogen) atoms. The summed E-state index contributed by atoms with van der Waals surface area (Å²) in [6, 6.07) is 0. The van der Waals surface area contributed by atoms with Gasteiger partial charge in [-0.25, -0.2) is 5.01 Å². The topological polar surface area (TPSA) is 56.4 Å². The predicted octanol–water partition coefficient (Wildman–Crippen LogP) is -1.01. The van der Waals surface area contributed by atoms with Crippen LogP contribution in [-0.4, -0.2) is 43.3 Å². The summed E-state index contributed by atoms with van der Waals surface area (Å²) in [5, 5.41) is 4.52. The third-order valence-corrected chi connectivity index (χ3v) is 1.70. The molecule has 0 atom stereocenters. The molecule has 1 rings (SSSR count). The van der Waals surface area contributed by atoms with Crippen LogP contribution < -0.4 is 16.3 Å². The summed E-state index contributed by atoms with van der Waals surface area (Å²) in [6.45, 7) is 2.43. The summed E-state index contributed by atoms with van der Waals surface area (Å²) in [7, 11) is 0. The Hall–Kier alpha value is -0.860. The van der Waals surface area contributed by atoms with E-state index in [1.54, 1.807) is 5.43 Å². The fraction of sp³-hybridized carbons (Fsp3) is 0.833. The van der Waals surface area contributed by atoms with Crippen LogP contribution in [0.5, 0.6) is 0 Å². The lowest BCUT2D eigenvalue weighted by atomic mass is 10.4. The summed E-state index contributed by atoms with van der Waals surface area (Å²) in [5.41, 5.74) is 3.78. The number of hydrogen-bond acceptors (Lipinski definition) is 4. The van der Waals surface area contributed by atoms with Crippen molar-refractivity contribution in [2.75, 3.05) is 26.2 Å².